The van der Waals surface area contributed by atoms with Crippen LogP contribution in [-0.2, 0) is 19.9 Å². The number of sulfone groups is 1. The third-order valence-electron chi connectivity index (χ3n) is 2.78. The van der Waals surface area contributed by atoms with Gasteiger partial charge < -0.3 is 0 Å². The van der Waals surface area contributed by atoms with E-state index >= 15 is 0 Å². The first-order valence-electron chi connectivity index (χ1n) is 5.66. The molecule has 0 spiro atoms. The van der Waals surface area contributed by atoms with Gasteiger partial charge in [0.25, 0.3) is 0 Å². The molecule has 0 amide bonds. The summed E-state index contributed by atoms with van der Waals surface area (Å²) in [5.41, 5.74) is 0.906. The molecule has 2 aromatic rings. The minimum atomic E-state index is -4.11. The molecule has 0 atom stereocenters. The molecule has 0 saturated carbocycles. The first-order valence-corrected chi connectivity index (χ1v) is 8.69. The van der Waals surface area contributed by atoms with E-state index < -0.39 is 24.8 Å². The summed E-state index contributed by atoms with van der Waals surface area (Å²) in [5, 5.41) is 5.06. The van der Waals surface area contributed by atoms with E-state index in [0.717, 1.165) is 5.56 Å². The molecule has 0 saturated heterocycles. The molecule has 0 radical (unpaired) electrons. The quantitative estimate of drug-likeness (QED) is 0.928. The standard InChI is InChI=1S/C13H13NO4S2/c1-10-6-8-11(9-7-10)19(15,16)12-4-2-3-5-13(12)20(14,17)18/h2-9H,1H3,(H2,14,17,18). The maximum Gasteiger partial charge on any atom is 0.239 e. The van der Waals surface area contributed by atoms with Crippen LogP contribution in [0.2, 0.25) is 0 Å². The second-order valence-electron chi connectivity index (χ2n) is 4.31. The summed E-state index contributed by atoms with van der Waals surface area (Å²) >= 11 is 0. The Bertz CT molecular complexity index is 838. The van der Waals surface area contributed by atoms with Gasteiger partial charge in [0.15, 0.2) is 0 Å². The lowest BCUT2D eigenvalue weighted by molar-refractivity contribution is 0.583. The first kappa shape index (κ1) is 14.7. The fourth-order valence-electron chi connectivity index (χ4n) is 1.75. The van der Waals surface area contributed by atoms with Crippen molar-refractivity contribution in [2.24, 2.45) is 5.14 Å². The first-order chi connectivity index (χ1) is 9.23. The summed E-state index contributed by atoms with van der Waals surface area (Å²) < 4.78 is 48.0. The van der Waals surface area contributed by atoms with Gasteiger partial charge in [0.2, 0.25) is 19.9 Å². The second-order valence-corrected chi connectivity index (χ2v) is 7.76. The predicted octanol–water partition coefficient (Wildman–Crippen LogP) is 1.48. The molecule has 7 heteroatoms. The molecule has 0 aromatic heterocycles. The molecule has 0 aliphatic rings. The zero-order chi connectivity index (χ0) is 15.0. The highest BCUT2D eigenvalue weighted by atomic mass is 32.2. The molecule has 2 aromatic carbocycles. The van der Waals surface area contributed by atoms with Crippen LogP contribution >= 0.6 is 0 Å². The Labute approximate surface area is 118 Å². The van der Waals surface area contributed by atoms with Gasteiger partial charge in [-0.3, -0.25) is 0 Å². The van der Waals surface area contributed by atoms with Gasteiger partial charge in [-0.15, -0.1) is 0 Å². The number of benzene rings is 2. The lowest BCUT2D eigenvalue weighted by Gasteiger charge is -2.09. The van der Waals surface area contributed by atoms with Crippen molar-refractivity contribution in [2.45, 2.75) is 21.6 Å². The largest absolute Gasteiger partial charge is 0.239 e. The highest BCUT2D eigenvalue weighted by Gasteiger charge is 2.25. The van der Waals surface area contributed by atoms with Crippen LogP contribution in [0.15, 0.2) is 63.2 Å². The van der Waals surface area contributed by atoms with Crippen LogP contribution in [0.3, 0.4) is 0 Å². The van der Waals surface area contributed by atoms with E-state index in [4.69, 9.17) is 5.14 Å². The zero-order valence-electron chi connectivity index (χ0n) is 10.6. The molecular formula is C13H13NO4S2. The van der Waals surface area contributed by atoms with Crippen LogP contribution in [0.5, 0.6) is 0 Å². The second kappa shape index (κ2) is 5.01. The monoisotopic (exact) mass is 311 g/mol. The zero-order valence-corrected chi connectivity index (χ0v) is 12.3. The van der Waals surface area contributed by atoms with Gasteiger partial charge in [0, 0.05) is 0 Å². The van der Waals surface area contributed by atoms with Crippen molar-refractivity contribution in [3.63, 3.8) is 0 Å². The molecular weight excluding hydrogens is 298 g/mol. The van der Waals surface area contributed by atoms with Gasteiger partial charge in [0.05, 0.1) is 9.79 Å². The van der Waals surface area contributed by atoms with Crippen molar-refractivity contribution >= 4 is 19.9 Å². The molecule has 5 nitrogen and oxygen atoms in total. The molecule has 0 unspecified atom stereocenters. The van der Waals surface area contributed by atoms with Crippen molar-refractivity contribution in [1.82, 2.24) is 0 Å². The fourth-order valence-corrected chi connectivity index (χ4v) is 4.38. The van der Waals surface area contributed by atoms with Crippen LogP contribution in [0.1, 0.15) is 5.56 Å². The van der Waals surface area contributed by atoms with E-state index in [2.05, 4.69) is 0 Å². The average Bonchev–Trinajstić information content (AvgIpc) is 2.38. The molecule has 106 valence electrons. The number of sulfonamides is 1. The summed E-state index contributed by atoms with van der Waals surface area (Å²) in [6, 6.07) is 11.4. The van der Waals surface area contributed by atoms with E-state index in [1.54, 1.807) is 12.1 Å². The highest BCUT2D eigenvalue weighted by molar-refractivity contribution is 7.93. The Morgan fingerprint density at radius 3 is 1.80 bits per heavy atom. The molecule has 0 bridgehead atoms. The molecule has 2 N–H and O–H groups in total. The van der Waals surface area contributed by atoms with Gasteiger partial charge in [-0.05, 0) is 31.2 Å². The van der Waals surface area contributed by atoms with Crippen molar-refractivity contribution in [3.05, 3.63) is 54.1 Å². The Morgan fingerprint density at radius 2 is 1.30 bits per heavy atom. The van der Waals surface area contributed by atoms with E-state index in [1.165, 1.54) is 36.4 Å². The number of aryl methyl sites for hydroxylation is 1. The van der Waals surface area contributed by atoms with Gasteiger partial charge in [-0.1, -0.05) is 29.8 Å². The number of rotatable bonds is 3. The van der Waals surface area contributed by atoms with Gasteiger partial charge in [-0.2, -0.15) is 0 Å². The fraction of sp³-hybridized carbons (Fsp3) is 0.0769. The predicted molar refractivity (Wildman–Crippen MR) is 74.4 cm³/mol. The topological polar surface area (TPSA) is 94.3 Å². The van der Waals surface area contributed by atoms with Crippen molar-refractivity contribution in [2.75, 3.05) is 0 Å². The summed E-state index contributed by atoms with van der Waals surface area (Å²) in [6.07, 6.45) is 0. The van der Waals surface area contributed by atoms with Crippen LogP contribution < -0.4 is 5.14 Å². The van der Waals surface area contributed by atoms with Crippen LogP contribution in [0, 0.1) is 6.92 Å². The van der Waals surface area contributed by atoms with Gasteiger partial charge in [0.1, 0.15) is 4.90 Å². The molecule has 2 rings (SSSR count). The summed E-state index contributed by atoms with van der Waals surface area (Å²) in [4.78, 5) is -0.689. The maximum atomic E-state index is 12.5. The normalized spacial score (nSPS) is 12.3. The average molecular weight is 311 g/mol. The summed E-state index contributed by atoms with van der Waals surface area (Å²) in [5.74, 6) is 0. The molecule has 0 aliphatic heterocycles. The lowest BCUT2D eigenvalue weighted by Crippen LogP contribution is -2.16. The van der Waals surface area contributed by atoms with Crippen molar-refractivity contribution < 1.29 is 16.8 Å². The van der Waals surface area contributed by atoms with Crippen LogP contribution in [-0.4, -0.2) is 16.8 Å². The summed E-state index contributed by atoms with van der Waals surface area (Å²) in [7, 11) is -8.04. The van der Waals surface area contributed by atoms with Crippen molar-refractivity contribution in [1.29, 1.82) is 0 Å². The Kier molecular flexibility index (Phi) is 3.68. The number of hydrogen-bond acceptors (Lipinski definition) is 4. The van der Waals surface area contributed by atoms with Gasteiger partial charge in [-0.25, -0.2) is 22.0 Å². The van der Waals surface area contributed by atoms with Crippen molar-refractivity contribution in [3.8, 4) is 0 Å². The Morgan fingerprint density at radius 1 is 0.800 bits per heavy atom. The number of nitrogens with two attached hydrogens (primary N) is 1. The number of primary sulfonamides is 1. The minimum absolute atomic E-state index is 0.0270. The molecule has 20 heavy (non-hydrogen) atoms. The molecule has 0 aliphatic carbocycles. The third kappa shape index (κ3) is 2.74. The van der Waals surface area contributed by atoms with Crippen LogP contribution in [0.4, 0.5) is 0 Å². The Hall–Kier alpha value is -1.70. The maximum absolute atomic E-state index is 12.5. The van der Waals surface area contributed by atoms with Crippen LogP contribution in [0.25, 0.3) is 0 Å². The van der Waals surface area contributed by atoms with Gasteiger partial charge >= 0.3 is 0 Å². The van der Waals surface area contributed by atoms with E-state index in [1.807, 2.05) is 6.92 Å². The SMILES string of the molecule is Cc1ccc(S(=O)(=O)c2ccccc2S(N)(=O)=O)cc1. The summed E-state index contributed by atoms with van der Waals surface area (Å²) in [6.45, 7) is 1.83. The highest BCUT2D eigenvalue weighted by Crippen LogP contribution is 2.26. The lowest BCUT2D eigenvalue weighted by atomic mass is 10.2. The number of hydrogen-bond donors (Lipinski definition) is 1. The van der Waals surface area contributed by atoms with E-state index in [-0.39, 0.29) is 9.79 Å². The van der Waals surface area contributed by atoms with E-state index in [9.17, 15) is 16.8 Å². The Balaban J connectivity index is 2.71. The third-order valence-corrected chi connectivity index (χ3v) is 5.70. The molecule has 0 fully saturated rings. The molecule has 0 heterocycles. The smallest absolute Gasteiger partial charge is 0.225 e. The van der Waals surface area contributed by atoms with E-state index in [0.29, 0.717) is 0 Å². The minimum Gasteiger partial charge on any atom is -0.225 e.